The highest BCUT2D eigenvalue weighted by Gasteiger charge is 2.30. The molecule has 2 amide bonds. The van der Waals surface area contributed by atoms with Gasteiger partial charge in [-0.1, -0.05) is 29.8 Å². The van der Waals surface area contributed by atoms with Crippen LogP contribution in [0.3, 0.4) is 0 Å². The lowest BCUT2D eigenvalue weighted by atomic mass is 10.1. The third kappa shape index (κ3) is 4.99. The van der Waals surface area contributed by atoms with Gasteiger partial charge in [0.25, 0.3) is 11.8 Å². The van der Waals surface area contributed by atoms with Gasteiger partial charge >= 0.3 is 0 Å². The molecular formula is C22H21IN2O4S. The molecule has 0 bridgehead atoms. The standard InChI is InChI=1S/C22H21IN2O4S/c1-4-28-18-11-15(9-16-20(26)24-22(30)25(3)21(16)27)10-17(23)19(18)29-12-14-7-5-13(2)6-8-14/h5-11H,4,12H2,1-3H3,(H,24,26,30)/b16-9+. The van der Waals surface area contributed by atoms with Gasteiger partial charge in [-0.05, 0) is 78.0 Å². The van der Waals surface area contributed by atoms with Crippen LogP contribution in [0.1, 0.15) is 23.6 Å². The Morgan fingerprint density at radius 2 is 1.87 bits per heavy atom. The molecule has 8 heteroatoms. The average molecular weight is 536 g/mol. The molecule has 6 nitrogen and oxygen atoms in total. The molecule has 0 aliphatic carbocycles. The number of halogens is 1. The van der Waals surface area contributed by atoms with Gasteiger partial charge in [0, 0.05) is 7.05 Å². The number of hydrogen-bond acceptors (Lipinski definition) is 5. The molecule has 0 atom stereocenters. The molecule has 1 aliphatic rings. The Bertz CT molecular complexity index is 1030. The third-order valence-electron chi connectivity index (χ3n) is 4.45. The lowest BCUT2D eigenvalue weighted by molar-refractivity contribution is -0.128. The van der Waals surface area contributed by atoms with E-state index in [-0.39, 0.29) is 10.7 Å². The second-order valence-corrected chi connectivity index (χ2v) is 8.27. The maximum absolute atomic E-state index is 12.4. The second kappa shape index (κ2) is 9.57. The number of likely N-dealkylation sites (N-methyl/N-ethyl adjacent to an activating group) is 1. The molecule has 2 aromatic rings. The summed E-state index contributed by atoms with van der Waals surface area (Å²) in [6, 6.07) is 11.7. The van der Waals surface area contributed by atoms with Gasteiger partial charge in [-0.2, -0.15) is 0 Å². The average Bonchev–Trinajstić information content (AvgIpc) is 2.70. The number of nitrogens with zero attached hydrogens (tertiary/aromatic N) is 1. The summed E-state index contributed by atoms with van der Waals surface area (Å²) in [6.45, 7) is 4.78. The molecule has 0 spiro atoms. The Morgan fingerprint density at radius 3 is 2.53 bits per heavy atom. The predicted octanol–water partition coefficient (Wildman–Crippen LogP) is 3.83. The van der Waals surface area contributed by atoms with E-state index in [9.17, 15) is 9.59 Å². The van der Waals surface area contributed by atoms with E-state index in [1.54, 1.807) is 6.07 Å². The van der Waals surface area contributed by atoms with E-state index in [2.05, 4.69) is 27.9 Å². The number of amides is 2. The minimum atomic E-state index is -0.518. The fourth-order valence-corrected chi connectivity index (χ4v) is 3.78. The number of carbonyl (C=O) groups is 2. The minimum Gasteiger partial charge on any atom is -0.490 e. The normalized spacial score (nSPS) is 15.4. The summed E-state index contributed by atoms with van der Waals surface area (Å²) in [5.41, 5.74) is 2.91. The molecule has 0 saturated carbocycles. The van der Waals surface area contributed by atoms with Crippen LogP contribution in [0.5, 0.6) is 11.5 Å². The molecule has 2 aromatic carbocycles. The number of ether oxygens (including phenoxy) is 2. The third-order valence-corrected chi connectivity index (χ3v) is 5.63. The summed E-state index contributed by atoms with van der Waals surface area (Å²) >= 11 is 7.14. The first-order valence-electron chi connectivity index (χ1n) is 9.30. The van der Waals surface area contributed by atoms with Gasteiger partial charge in [0.1, 0.15) is 12.2 Å². The highest BCUT2D eigenvalue weighted by Crippen LogP contribution is 2.35. The van der Waals surface area contributed by atoms with E-state index in [1.807, 2.05) is 44.2 Å². The predicted molar refractivity (Wildman–Crippen MR) is 127 cm³/mol. The van der Waals surface area contributed by atoms with Crippen molar-refractivity contribution in [3.05, 3.63) is 62.2 Å². The monoisotopic (exact) mass is 536 g/mol. The van der Waals surface area contributed by atoms with Gasteiger partial charge in [-0.3, -0.25) is 19.8 Å². The maximum atomic E-state index is 12.4. The second-order valence-electron chi connectivity index (χ2n) is 6.72. The van der Waals surface area contributed by atoms with Gasteiger partial charge in [0.2, 0.25) is 0 Å². The maximum Gasteiger partial charge on any atom is 0.265 e. The molecule has 0 radical (unpaired) electrons. The zero-order valence-electron chi connectivity index (χ0n) is 16.8. The number of nitrogens with one attached hydrogen (secondary N) is 1. The lowest BCUT2D eigenvalue weighted by Gasteiger charge is -2.25. The van der Waals surface area contributed by atoms with Crippen molar-refractivity contribution in [2.24, 2.45) is 0 Å². The van der Waals surface area contributed by atoms with Gasteiger partial charge in [-0.15, -0.1) is 0 Å². The summed E-state index contributed by atoms with van der Waals surface area (Å²) in [7, 11) is 1.52. The number of rotatable bonds is 6. The van der Waals surface area contributed by atoms with Crippen LogP contribution in [0.25, 0.3) is 6.08 Å². The molecule has 0 unspecified atom stereocenters. The smallest absolute Gasteiger partial charge is 0.265 e. The van der Waals surface area contributed by atoms with Crippen molar-refractivity contribution in [2.75, 3.05) is 13.7 Å². The van der Waals surface area contributed by atoms with Crippen LogP contribution in [-0.2, 0) is 16.2 Å². The molecule has 1 aliphatic heterocycles. The number of aryl methyl sites for hydroxylation is 1. The van der Waals surface area contributed by atoms with Crippen LogP contribution in [0.15, 0.2) is 42.0 Å². The highest BCUT2D eigenvalue weighted by molar-refractivity contribution is 14.1. The summed E-state index contributed by atoms with van der Waals surface area (Å²) < 4.78 is 12.6. The fraction of sp³-hybridized carbons (Fsp3) is 0.227. The first-order valence-corrected chi connectivity index (χ1v) is 10.8. The van der Waals surface area contributed by atoms with Gasteiger partial charge in [0.15, 0.2) is 16.6 Å². The van der Waals surface area contributed by atoms with Crippen molar-refractivity contribution in [3.8, 4) is 11.5 Å². The number of benzene rings is 2. The van der Waals surface area contributed by atoms with E-state index < -0.39 is 11.8 Å². The first kappa shape index (κ1) is 22.2. The lowest BCUT2D eigenvalue weighted by Crippen LogP contribution is -2.52. The van der Waals surface area contributed by atoms with Crippen LogP contribution in [0.2, 0.25) is 0 Å². The number of hydrogen-bond donors (Lipinski definition) is 1. The molecule has 1 heterocycles. The Balaban J connectivity index is 1.90. The molecule has 156 valence electrons. The van der Waals surface area contributed by atoms with Crippen molar-refractivity contribution < 1.29 is 19.1 Å². The van der Waals surface area contributed by atoms with Crippen molar-refractivity contribution in [1.29, 1.82) is 0 Å². The Labute approximate surface area is 194 Å². The summed E-state index contributed by atoms with van der Waals surface area (Å²) in [6.07, 6.45) is 1.53. The van der Waals surface area contributed by atoms with Crippen LogP contribution >= 0.6 is 34.8 Å². The van der Waals surface area contributed by atoms with Crippen molar-refractivity contribution >= 4 is 57.8 Å². The number of thiocarbonyl (C=S) groups is 1. The Morgan fingerprint density at radius 1 is 1.17 bits per heavy atom. The number of carbonyl (C=O) groups excluding carboxylic acids is 2. The van der Waals surface area contributed by atoms with Gasteiger partial charge in [-0.25, -0.2) is 0 Å². The van der Waals surface area contributed by atoms with E-state index in [4.69, 9.17) is 21.7 Å². The zero-order chi connectivity index (χ0) is 21.8. The van der Waals surface area contributed by atoms with Crippen molar-refractivity contribution in [1.82, 2.24) is 10.2 Å². The molecule has 1 saturated heterocycles. The van der Waals surface area contributed by atoms with Crippen LogP contribution < -0.4 is 14.8 Å². The largest absolute Gasteiger partial charge is 0.490 e. The molecule has 1 fully saturated rings. The highest BCUT2D eigenvalue weighted by atomic mass is 127. The van der Waals surface area contributed by atoms with E-state index >= 15 is 0 Å². The summed E-state index contributed by atoms with van der Waals surface area (Å²) in [5, 5.41) is 2.60. The summed E-state index contributed by atoms with van der Waals surface area (Å²) in [5.74, 6) is 0.209. The summed E-state index contributed by atoms with van der Waals surface area (Å²) in [4.78, 5) is 25.9. The zero-order valence-corrected chi connectivity index (χ0v) is 19.8. The quantitative estimate of drug-likeness (QED) is 0.263. The molecule has 30 heavy (non-hydrogen) atoms. The Kier molecular flexibility index (Phi) is 7.09. The van der Waals surface area contributed by atoms with Gasteiger partial charge in [0.05, 0.1) is 10.2 Å². The SMILES string of the molecule is CCOc1cc(/C=C2\C(=O)NC(=S)N(C)C2=O)cc(I)c1OCc1ccc(C)cc1. The molecule has 3 rings (SSSR count). The van der Waals surface area contributed by atoms with Crippen LogP contribution in [0, 0.1) is 10.5 Å². The fourth-order valence-electron chi connectivity index (χ4n) is 2.83. The molecular weight excluding hydrogens is 515 g/mol. The van der Waals surface area contributed by atoms with E-state index in [0.717, 1.165) is 9.13 Å². The van der Waals surface area contributed by atoms with Crippen molar-refractivity contribution in [2.45, 2.75) is 20.5 Å². The van der Waals surface area contributed by atoms with Crippen LogP contribution in [0.4, 0.5) is 0 Å². The topological polar surface area (TPSA) is 67.9 Å². The molecule has 0 aromatic heterocycles. The van der Waals surface area contributed by atoms with E-state index in [1.165, 1.54) is 23.6 Å². The van der Waals surface area contributed by atoms with Crippen LogP contribution in [-0.4, -0.2) is 35.5 Å². The minimum absolute atomic E-state index is 0.0117. The Hall–Kier alpha value is -2.46. The van der Waals surface area contributed by atoms with E-state index in [0.29, 0.717) is 30.3 Å². The molecule has 1 N–H and O–H groups in total. The van der Waals surface area contributed by atoms with Gasteiger partial charge < -0.3 is 9.47 Å². The van der Waals surface area contributed by atoms with Crippen molar-refractivity contribution in [3.63, 3.8) is 0 Å². The first-order chi connectivity index (χ1) is 14.3.